The van der Waals surface area contributed by atoms with Crippen molar-refractivity contribution >= 4 is 17.7 Å². The average molecular weight is 250 g/mol. The molecular weight excluding hydrogens is 241 g/mol. The van der Waals surface area contributed by atoms with E-state index in [1.165, 1.54) is 18.2 Å². The van der Waals surface area contributed by atoms with Crippen molar-refractivity contribution in [3.63, 3.8) is 0 Å². The molecule has 0 aliphatic heterocycles. The largest absolute Gasteiger partial charge is 0.478 e. The van der Waals surface area contributed by atoms with Gasteiger partial charge in [-0.15, -0.1) is 11.8 Å². The van der Waals surface area contributed by atoms with Crippen LogP contribution in [-0.4, -0.2) is 23.0 Å². The molecule has 2 nitrogen and oxygen atoms in total. The lowest BCUT2D eigenvalue weighted by molar-refractivity contribution is -0.105. The molecule has 1 aromatic rings. The lowest BCUT2D eigenvalue weighted by Gasteiger charge is -2.07. The zero-order valence-electron chi connectivity index (χ0n) is 8.34. The van der Waals surface area contributed by atoms with Crippen LogP contribution in [0.4, 0.5) is 13.2 Å². The topological polar surface area (TPSA) is 37.3 Å². The quantitative estimate of drug-likeness (QED) is 0.836. The Bertz CT molecular complexity index is 402. The number of hydrogen-bond donors (Lipinski definition) is 1. The molecule has 6 heteroatoms. The lowest BCUT2D eigenvalue weighted by Crippen LogP contribution is -2.10. The third-order valence-electron chi connectivity index (χ3n) is 1.84. The first-order valence-electron chi connectivity index (χ1n) is 4.33. The minimum Gasteiger partial charge on any atom is -0.478 e. The molecule has 0 saturated heterocycles. The highest BCUT2D eigenvalue weighted by molar-refractivity contribution is 7.99. The lowest BCUT2D eigenvalue weighted by atomic mass is 10.1. The summed E-state index contributed by atoms with van der Waals surface area (Å²) in [6.07, 6.45) is -4.25. The van der Waals surface area contributed by atoms with E-state index >= 15 is 0 Å². The summed E-state index contributed by atoms with van der Waals surface area (Å²) in [6.45, 7) is 1.60. The van der Waals surface area contributed by atoms with E-state index in [1.807, 2.05) is 0 Å². The first kappa shape index (κ1) is 12.9. The van der Waals surface area contributed by atoms with Gasteiger partial charge < -0.3 is 5.11 Å². The van der Waals surface area contributed by atoms with Crippen molar-refractivity contribution in [1.82, 2.24) is 0 Å². The van der Waals surface area contributed by atoms with Crippen LogP contribution in [0.15, 0.2) is 23.1 Å². The fourth-order valence-electron chi connectivity index (χ4n) is 1.09. The Morgan fingerprint density at radius 3 is 2.56 bits per heavy atom. The third-order valence-corrected chi connectivity index (χ3v) is 2.90. The maximum Gasteiger partial charge on any atom is 0.398 e. The third kappa shape index (κ3) is 3.77. The van der Waals surface area contributed by atoms with E-state index in [0.717, 1.165) is 0 Å². The minimum absolute atomic E-state index is 0.0344. The highest BCUT2D eigenvalue weighted by Gasteiger charge is 2.27. The Balaban J connectivity index is 2.83. The molecule has 0 bridgehead atoms. The number of benzene rings is 1. The second-order valence-electron chi connectivity index (χ2n) is 3.19. The molecule has 0 aliphatic carbocycles. The maximum atomic E-state index is 11.9. The minimum atomic E-state index is -4.25. The molecule has 1 aromatic carbocycles. The van der Waals surface area contributed by atoms with Crippen LogP contribution in [0.1, 0.15) is 15.9 Å². The summed E-state index contributed by atoms with van der Waals surface area (Å²) in [5, 5.41) is 8.79. The number of halogens is 3. The van der Waals surface area contributed by atoms with E-state index in [0.29, 0.717) is 22.2 Å². The fraction of sp³-hybridized carbons (Fsp3) is 0.300. The van der Waals surface area contributed by atoms with E-state index in [-0.39, 0.29) is 5.56 Å². The number of aromatic carboxylic acids is 1. The van der Waals surface area contributed by atoms with Gasteiger partial charge in [-0.05, 0) is 24.6 Å². The monoisotopic (exact) mass is 250 g/mol. The predicted molar refractivity (Wildman–Crippen MR) is 54.9 cm³/mol. The van der Waals surface area contributed by atoms with Crippen molar-refractivity contribution in [2.24, 2.45) is 0 Å². The van der Waals surface area contributed by atoms with Gasteiger partial charge in [-0.25, -0.2) is 4.79 Å². The summed E-state index contributed by atoms with van der Waals surface area (Å²) in [7, 11) is 0. The molecule has 0 heterocycles. The second kappa shape index (κ2) is 4.78. The number of hydrogen-bond acceptors (Lipinski definition) is 2. The Hall–Kier alpha value is -1.17. The smallest absolute Gasteiger partial charge is 0.398 e. The van der Waals surface area contributed by atoms with Crippen LogP contribution in [0.3, 0.4) is 0 Å². The highest BCUT2D eigenvalue weighted by Crippen LogP contribution is 2.28. The number of carboxylic acid groups (broad SMARTS) is 1. The zero-order chi connectivity index (χ0) is 12.3. The Morgan fingerprint density at radius 1 is 1.44 bits per heavy atom. The first-order chi connectivity index (χ1) is 7.29. The van der Waals surface area contributed by atoms with Crippen LogP contribution in [0.5, 0.6) is 0 Å². The van der Waals surface area contributed by atoms with Crippen molar-refractivity contribution in [3.8, 4) is 0 Å². The van der Waals surface area contributed by atoms with Crippen LogP contribution in [-0.2, 0) is 0 Å². The Labute approximate surface area is 94.5 Å². The first-order valence-corrected chi connectivity index (χ1v) is 5.31. The summed E-state index contributed by atoms with van der Waals surface area (Å²) in [4.78, 5) is 11.0. The van der Waals surface area contributed by atoms with E-state index in [4.69, 9.17) is 5.11 Å². The van der Waals surface area contributed by atoms with E-state index in [1.54, 1.807) is 6.92 Å². The summed E-state index contributed by atoms with van der Waals surface area (Å²) in [6, 6.07) is 4.24. The SMILES string of the molecule is Cc1ccc(SCC(F)(F)F)cc1C(=O)O. The van der Waals surface area contributed by atoms with Crippen molar-refractivity contribution in [2.45, 2.75) is 18.0 Å². The summed E-state index contributed by atoms with van der Waals surface area (Å²) < 4.78 is 35.8. The molecule has 16 heavy (non-hydrogen) atoms. The van der Waals surface area contributed by atoms with Crippen LogP contribution < -0.4 is 0 Å². The van der Waals surface area contributed by atoms with Crippen molar-refractivity contribution < 1.29 is 23.1 Å². The normalized spacial score (nSPS) is 11.5. The summed E-state index contributed by atoms with van der Waals surface area (Å²) >= 11 is 0.579. The van der Waals surface area contributed by atoms with E-state index in [9.17, 15) is 18.0 Å². The van der Waals surface area contributed by atoms with E-state index < -0.39 is 17.9 Å². The fourth-order valence-corrected chi connectivity index (χ4v) is 1.78. The van der Waals surface area contributed by atoms with Crippen LogP contribution in [0.2, 0.25) is 0 Å². The molecule has 0 aliphatic rings. The number of alkyl halides is 3. The number of thioether (sulfide) groups is 1. The number of aryl methyl sites for hydroxylation is 1. The Morgan fingerprint density at radius 2 is 2.06 bits per heavy atom. The van der Waals surface area contributed by atoms with Gasteiger partial charge in [0.15, 0.2) is 0 Å². The van der Waals surface area contributed by atoms with Gasteiger partial charge in [0.25, 0.3) is 0 Å². The van der Waals surface area contributed by atoms with Gasteiger partial charge in [0.05, 0.1) is 11.3 Å². The molecule has 0 atom stereocenters. The molecule has 1 rings (SSSR count). The average Bonchev–Trinajstić information content (AvgIpc) is 2.14. The zero-order valence-corrected chi connectivity index (χ0v) is 9.15. The molecule has 0 fully saturated rings. The van der Waals surface area contributed by atoms with E-state index in [2.05, 4.69) is 0 Å². The molecule has 0 saturated carbocycles. The van der Waals surface area contributed by atoms with Crippen LogP contribution in [0.25, 0.3) is 0 Å². The highest BCUT2D eigenvalue weighted by atomic mass is 32.2. The maximum absolute atomic E-state index is 11.9. The number of rotatable bonds is 3. The summed E-state index contributed by atoms with van der Waals surface area (Å²) in [5.41, 5.74) is 0.566. The summed E-state index contributed by atoms with van der Waals surface area (Å²) in [5.74, 6) is -2.15. The molecular formula is C10H9F3O2S. The molecule has 0 amide bonds. The van der Waals surface area contributed by atoms with Gasteiger partial charge in [-0.3, -0.25) is 0 Å². The van der Waals surface area contributed by atoms with Crippen molar-refractivity contribution in [1.29, 1.82) is 0 Å². The molecule has 0 unspecified atom stereocenters. The van der Waals surface area contributed by atoms with Gasteiger partial charge in [-0.1, -0.05) is 6.07 Å². The number of carbonyl (C=O) groups is 1. The van der Waals surface area contributed by atoms with Gasteiger partial charge in [0.2, 0.25) is 0 Å². The molecule has 0 spiro atoms. The molecule has 0 aromatic heterocycles. The van der Waals surface area contributed by atoms with Gasteiger partial charge >= 0.3 is 12.1 Å². The van der Waals surface area contributed by atoms with Gasteiger partial charge in [0.1, 0.15) is 0 Å². The van der Waals surface area contributed by atoms with Crippen molar-refractivity contribution in [2.75, 3.05) is 5.75 Å². The van der Waals surface area contributed by atoms with Gasteiger partial charge in [-0.2, -0.15) is 13.2 Å². The second-order valence-corrected chi connectivity index (χ2v) is 4.23. The molecule has 0 radical (unpaired) electrons. The Kier molecular flexibility index (Phi) is 3.85. The van der Waals surface area contributed by atoms with Crippen LogP contribution in [0, 0.1) is 6.92 Å². The predicted octanol–water partition coefficient (Wildman–Crippen LogP) is 3.35. The van der Waals surface area contributed by atoms with Gasteiger partial charge in [0, 0.05) is 4.90 Å². The van der Waals surface area contributed by atoms with Crippen LogP contribution >= 0.6 is 11.8 Å². The van der Waals surface area contributed by atoms with Crippen molar-refractivity contribution in [3.05, 3.63) is 29.3 Å². The molecule has 1 N–H and O–H groups in total. The number of carboxylic acids is 1. The standard InChI is InChI=1S/C10H9F3O2S/c1-6-2-3-7(4-8(6)9(14)15)16-5-10(11,12)13/h2-4H,5H2,1H3,(H,14,15). The molecule has 88 valence electrons.